The van der Waals surface area contributed by atoms with Gasteiger partial charge in [0.05, 0.1) is 24.5 Å². The van der Waals surface area contributed by atoms with Crippen LogP contribution in [-0.2, 0) is 20.9 Å². The highest BCUT2D eigenvalue weighted by molar-refractivity contribution is 9.10. The van der Waals surface area contributed by atoms with Crippen LogP contribution >= 0.6 is 15.9 Å². The van der Waals surface area contributed by atoms with Crippen LogP contribution in [0.4, 0.5) is 0 Å². The van der Waals surface area contributed by atoms with Crippen LogP contribution in [-0.4, -0.2) is 33.9 Å². The van der Waals surface area contributed by atoms with Gasteiger partial charge in [-0.05, 0) is 23.3 Å². The van der Waals surface area contributed by atoms with Gasteiger partial charge in [-0.15, -0.1) is 0 Å². The maximum Gasteiger partial charge on any atom is 0.237 e. The Bertz CT molecular complexity index is 1330. The summed E-state index contributed by atoms with van der Waals surface area (Å²) in [5.74, 6) is -4.27. The van der Waals surface area contributed by atoms with Crippen LogP contribution in [0.2, 0.25) is 0 Å². The Kier molecular flexibility index (Phi) is 4.69. The van der Waals surface area contributed by atoms with Gasteiger partial charge in [-0.3, -0.25) is 24.1 Å². The third-order valence-corrected chi connectivity index (χ3v) is 7.52. The molecule has 34 heavy (non-hydrogen) atoms. The Labute approximate surface area is 203 Å². The molecule has 3 aromatic carbocycles. The molecule has 1 spiro atoms. The molecule has 6 nitrogen and oxygen atoms in total. The van der Waals surface area contributed by atoms with Crippen LogP contribution in [0.25, 0.3) is 0 Å². The minimum absolute atomic E-state index is 0.0734. The molecule has 3 atom stereocenters. The molecule has 0 aromatic heterocycles. The van der Waals surface area contributed by atoms with Gasteiger partial charge in [-0.25, -0.2) is 0 Å². The zero-order valence-corrected chi connectivity index (χ0v) is 19.4. The van der Waals surface area contributed by atoms with E-state index in [1.54, 1.807) is 48.5 Å². The van der Waals surface area contributed by atoms with Crippen LogP contribution < -0.4 is 0 Å². The molecule has 3 aromatic rings. The topological polar surface area (TPSA) is 80.8 Å². The summed E-state index contributed by atoms with van der Waals surface area (Å²) in [5, 5.41) is 0. The number of nitrogens with zero attached hydrogens (tertiary/aromatic N) is 1. The molecule has 0 N–H and O–H groups in total. The lowest BCUT2D eigenvalue weighted by molar-refractivity contribution is -0.145. The van der Waals surface area contributed by atoms with Gasteiger partial charge >= 0.3 is 0 Å². The molecule has 168 valence electrons. The summed E-state index contributed by atoms with van der Waals surface area (Å²) < 4.78 is 7.10. The second-order valence-electron chi connectivity index (χ2n) is 8.78. The Hall–Kier alpha value is -3.42. The number of rotatable bonds is 3. The maximum absolute atomic E-state index is 13.7. The SMILES string of the molecule is O=C1[C@@H]2[C@H](c3ccc(Br)cc3)OC3(C(=O)c4ccccc4C3=O)[C@H]2C(=O)N1Cc1ccccc1. The van der Waals surface area contributed by atoms with E-state index in [4.69, 9.17) is 4.74 Å². The molecule has 2 aliphatic heterocycles. The number of ether oxygens (including phenoxy) is 1. The average molecular weight is 516 g/mol. The number of carbonyl (C=O) groups excluding carboxylic acids is 4. The molecule has 3 aliphatic rings. The maximum atomic E-state index is 13.7. The molecule has 0 saturated carbocycles. The lowest BCUT2D eigenvalue weighted by Gasteiger charge is -2.27. The first-order chi connectivity index (χ1) is 16.4. The second kappa shape index (κ2) is 7.55. The lowest BCUT2D eigenvalue weighted by atomic mass is 9.77. The molecule has 6 rings (SSSR count). The van der Waals surface area contributed by atoms with Crippen LogP contribution in [0.15, 0.2) is 83.3 Å². The second-order valence-corrected chi connectivity index (χ2v) is 9.70. The van der Waals surface area contributed by atoms with Crippen LogP contribution in [0.3, 0.4) is 0 Å². The predicted molar refractivity (Wildman–Crippen MR) is 125 cm³/mol. The fourth-order valence-electron chi connectivity index (χ4n) is 5.45. The summed E-state index contributed by atoms with van der Waals surface area (Å²) in [6.07, 6.45) is -0.905. The normalized spacial score (nSPS) is 24.7. The summed E-state index contributed by atoms with van der Waals surface area (Å²) in [6.45, 7) is 0.0734. The lowest BCUT2D eigenvalue weighted by Crippen LogP contribution is -2.50. The van der Waals surface area contributed by atoms with Gasteiger partial charge in [-0.2, -0.15) is 0 Å². The number of carbonyl (C=O) groups is 4. The number of likely N-dealkylation sites (tertiary alicyclic amines) is 1. The third-order valence-electron chi connectivity index (χ3n) is 6.99. The van der Waals surface area contributed by atoms with Gasteiger partial charge in [0.1, 0.15) is 0 Å². The van der Waals surface area contributed by atoms with Gasteiger partial charge < -0.3 is 4.74 Å². The average Bonchev–Trinajstić information content (AvgIpc) is 3.41. The number of hydrogen-bond acceptors (Lipinski definition) is 5. The number of benzene rings is 3. The fourth-order valence-corrected chi connectivity index (χ4v) is 5.72. The van der Waals surface area contributed by atoms with Crippen molar-refractivity contribution in [1.82, 2.24) is 4.90 Å². The smallest absolute Gasteiger partial charge is 0.237 e. The highest BCUT2D eigenvalue weighted by Crippen LogP contribution is 2.57. The van der Waals surface area contributed by atoms with E-state index in [2.05, 4.69) is 15.9 Å². The van der Waals surface area contributed by atoms with Gasteiger partial charge in [0.2, 0.25) is 29.0 Å². The molecule has 2 fully saturated rings. The molecule has 2 heterocycles. The van der Waals surface area contributed by atoms with Gasteiger partial charge in [-0.1, -0.05) is 82.7 Å². The number of halogens is 1. The van der Waals surface area contributed by atoms with E-state index >= 15 is 0 Å². The quantitative estimate of drug-likeness (QED) is 0.386. The van der Waals surface area contributed by atoms with Crippen molar-refractivity contribution in [2.45, 2.75) is 18.2 Å². The summed E-state index contributed by atoms with van der Waals surface area (Å²) in [4.78, 5) is 56.0. The molecular weight excluding hydrogens is 498 g/mol. The standard InChI is InChI=1S/C27H18BrNO5/c28-17-12-10-16(11-13-17)22-20-21(26(33)29(25(20)32)14-15-6-2-1-3-7-15)27(34-22)23(30)18-8-4-5-9-19(18)24(27)31/h1-13,20-22H,14H2/t20-,21+,22-/m0/s1. The molecule has 2 amide bonds. The van der Waals surface area contributed by atoms with E-state index in [1.165, 1.54) is 4.90 Å². The van der Waals surface area contributed by atoms with E-state index in [-0.39, 0.29) is 17.7 Å². The molecule has 1 aliphatic carbocycles. The number of hydrogen-bond donors (Lipinski definition) is 0. The monoisotopic (exact) mass is 515 g/mol. The van der Waals surface area contributed by atoms with E-state index in [0.717, 1.165) is 10.0 Å². The molecule has 0 radical (unpaired) electrons. The Morgan fingerprint density at radius 2 is 1.35 bits per heavy atom. The van der Waals surface area contributed by atoms with Crippen molar-refractivity contribution in [3.8, 4) is 0 Å². The fraction of sp³-hybridized carbons (Fsp3) is 0.185. The molecule has 2 saturated heterocycles. The van der Waals surface area contributed by atoms with E-state index in [1.807, 2.05) is 30.3 Å². The Balaban J connectivity index is 1.49. The van der Waals surface area contributed by atoms with Crippen molar-refractivity contribution in [3.05, 3.63) is 106 Å². The van der Waals surface area contributed by atoms with Crippen molar-refractivity contribution in [2.24, 2.45) is 11.8 Å². The third kappa shape index (κ3) is 2.77. The summed E-state index contributed by atoms with van der Waals surface area (Å²) in [6, 6.07) is 22.8. The largest absolute Gasteiger partial charge is 0.349 e. The van der Waals surface area contributed by atoms with E-state index < -0.39 is 46.9 Å². The number of imide groups is 1. The Morgan fingerprint density at radius 1 is 0.765 bits per heavy atom. The first kappa shape index (κ1) is 21.1. The minimum atomic E-state index is -2.04. The number of amides is 2. The zero-order chi connectivity index (χ0) is 23.6. The molecule has 7 heteroatoms. The van der Waals surface area contributed by atoms with Gasteiger partial charge in [0.15, 0.2) is 0 Å². The Morgan fingerprint density at radius 3 is 1.97 bits per heavy atom. The van der Waals surface area contributed by atoms with Crippen LogP contribution in [0.5, 0.6) is 0 Å². The minimum Gasteiger partial charge on any atom is -0.349 e. The summed E-state index contributed by atoms with van der Waals surface area (Å²) >= 11 is 3.40. The van der Waals surface area contributed by atoms with E-state index in [0.29, 0.717) is 5.56 Å². The molecule has 0 unspecified atom stereocenters. The summed E-state index contributed by atoms with van der Waals surface area (Å²) in [5.41, 5.74) is -0.167. The first-order valence-corrected chi connectivity index (χ1v) is 11.7. The van der Waals surface area contributed by atoms with Crippen molar-refractivity contribution in [3.63, 3.8) is 0 Å². The summed E-state index contributed by atoms with van der Waals surface area (Å²) in [7, 11) is 0. The highest BCUT2D eigenvalue weighted by atomic mass is 79.9. The van der Waals surface area contributed by atoms with E-state index in [9.17, 15) is 19.2 Å². The zero-order valence-electron chi connectivity index (χ0n) is 17.8. The van der Waals surface area contributed by atoms with Crippen molar-refractivity contribution in [1.29, 1.82) is 0 Å². The van der Waals surface area contributed by atoms with Crippen molar-refractivity contribution in [2.75, 3.05) is 0 Å². The number of Topliss-reactive ketones (excluding diaryl/α,β-unsaturated/α-hetero) is 2. The first-order valence-electron chi connectivity index (χ1n) is 10.9. The predicted octanol–water partition coefficient (Wildman–Crippen LogP) is 4.14. The van der Waals surface area contributed by atoms with Gasteiger partial charge in [0, 0.05) is 15.6 Å². The van der Waals surface area contributed by atoms with Crippen molar-refractivity contribution < 1.29 is 23.9 Å². The van der Waals surface area contributed by atoms with Gasteiger partial charge in [0.25, 0.3) is 0 Å². The van der Waals surface area contributed by atoms with Crippen LogP contribution in [0.1, 0.15) is 37.9 Å². The number of ketones is 2. The molecular formula is C27H18BrNO5. The number of fused-ring (bicyclic) bond motifs is 3. The molecule has 0 bridgehead atoms. The van der Waals surface area contributed by atoms with Crippen molar-refractivity contribution >= 4 is 39.3 Å². The van der Waals surface area contributed by atoms with Crippen LogP contribution in [0, 0.1) is 11.8 Å². The highest BCUT2D eigenvalue weighted by Gasteiger charge is 2.74.